The molecule has 0 saturated carbocycles. The number of carbonyl (C=O) groups is 1. The van der Waals surface area contributed by atoms with E-state index in [4.69, 9.17) is 9.81 Å². The third kappa shape index (κ3) is 5.55. The Hall–Kier alpha value is -2.37. The summed E-state index contributed by atoms with van der Waals surface area (Å²) in [5.74, 6) is -0.219. The van der Waals surface area contributed by atoms with Gasteiger partial charge in [0.2, 0.25) is 0 Å². The molecule has 0 unspecified atom stereocenters. The Balaban J connectivity index is 2.77. The van der Waals surface area contributed by atoms with Crippen LogP contribution in [-0.2, 0) is 14.9 Å². The second-order valence-electron chi connectivity index (χ2n) is 4.92. The smallest absolute Gasteiger partial charge is 0.294 e. The van der Waals surface area contributed by atoms with Crippen LogP contribution in [0.3, 0.4) is 0 Å². The maximum Gasteiger partial charge on any atom is 0.294 e. The van der Waals surface area contributed by atoms with Crippen molar-refractivity contribution < 1.29 is 17.8 Å². The Bertz CT molecular complexity index is 701. The molecule has 0 aliphatic heterocycles. The van der Waals surface area contributed by atoms with Crippen molar-refractivity contribution in [2.75, 3.05) is 11.9 Å². The fraction of sp³-hybridized carbons (Fsp3) is 0.286. The number of nitriles is 1. The summed E-state index contributed by atoms with van der Waals surface area (Å²) in [7, 11) is -4.24. The highest BCUT2D eigenvalue weighted by Crippen LogP contribution is 2.14. The molecule has 3 N–H and O–H groups in total. The Labute approximate surface area is 129 Å². The molecule has 22 heavy (non-hydrogen) atoms. The third-order valence-corrected chi connectivity index (χ3v) is 3.44. The van der Waals surface area contributed by atoms with Crippen LogP contribution in [0.1, 0.15) is 13.8 Å². The predicted molar refractivity (Wildman–Crippen MR) is 81.4 cm³/mol. The van der Waals surface area contributed by atoms with Gasteiger partial charge in [-0.05, 0) is 30.2 Å². The molecule has 0 bridgehead atoms. The lowest BCUT2D eigenvalue weighted by Crippen LogP contribution is -2.28. The molecule has 0 atom stereocenters. The summed E-state index contributed by atoms with van der Waals surface area (Å²) in [5, 5.41) is 14.3. The molecule has 0 aromatic heterocycles. The van der Waals surface area contributed by atoms with E-state index in [1.807, 2.05) is 13.8 Å². The van der Waals surface area contributed by atoms with Crippen molar-refractivity contribution in [1.29, 1.82) is 5.26 Å². The number of anilines is 1. The van der Waals surface area contributed by atoms with Gasteiger partial charge in [0.05, 0.1) is 4.90 Å². The Kier molecular flexibility index (Phi) is 6.10. The zero-order valence-electron chi connectivity index (χ0n) is 12.2. The van der Waals surface area contributed by atoms with Crippen molar-refractivity contribution in [1.82, 2.24) is 5.32 Å². The van der Waals surface area contributed by atoms with E-state index in [9.17, 15) is 13.2 Å². The van der Waals surface area contributed by atoms with E-state index >= 15 is 0 Å². The van der Waals surface area contributed by atoms with Crippen molar-refractivity contribution in [3.63, 3.8) is 0 Å². The molecule has 0 radical (unpaired) electrons. The second kappa shape index (κ2) is 7.59. The van der Waals surface area contributed by atoms with Crippen molar-refractivity contribution in [2.45, 2.75) is 18.7 Å². The third-order valence-electron chi connectivity index (χ3n) is 2.57. The zero-order chi connectivity index (χ0) is 16.8. The van der Waals surface area contributed by atoms with Gasteiger partial charge in [-0.1, -0.05) is 13.8 Å². The van der Waals surface area contributed by atoms with Gasteiger partial charge in [0.25, 0.3) is 16.0 Å². The summed E-state index contributed by atoms with van der Waals surface area (Å²) in [6.07, 6.45) is 1.23. The minimum absolute atomic E-state index is 0.0977. The average molecular weight is 323 g/mol. The molecule has 0 fully saturated rings. The zero-order valence-corrected chi connectivity index (χ0v) is 13.0. The van der Waals surface area contributed by atoms with E-state index in [0.29, 0.717) is 12.2 Å². The number of nitrogens with zero attached hydrogens (tertiary/aromatic N) is 1. The lowest BCUT2D eigenvalue weighted by atomic mass is 10.2. The maximum absolute atomic E-state index is 11.7. The first kappa shape index (κ1) is 17.7. The summed E-state index contributed by atoms with van der Waals surface area (Å²) in [4.78, 5) is 11.5. The molecule has 1 aromatic carbocycles. The molecule has 0 heterocycles. The van der Waals surface area contributed by atoms with Crippen LogP contribution < -0.4 is 10.6 Å². The quantitative estimate of drug-likeness (QED) is 0.415. The maximum atomic E-state index is 11.7. The van der Waals surface area contributed by atoms with Gasteiger partial charge in [-0.15, -0.1) is 0 Å². The molecular weight excluding hydrogens is 306 g/mol. The molecule has 0 saturated heterocycles. The Morgan fingerprint density at radius 2 is 1.95 bits per heavy atom. The van der Waals surface area contributed by atoms with Gasteiger partial charge in [-0.2, -0.15) is 13.7 Å². The Morgan fingerprint density at radius 3 is 2.41 bits per heavy atom. The summed E-state index contributed by atoms with van der Waals surface area (Å²) in [5.41, 5.74) is 0.372. The van der Waals surface area contributed by atoms with Crippen LogP contribution in [0.4, 0.5) is 5.69 Å². The first-order valence-electron chi connectivity index (χ1n) is 6.46. The SMILES string of the molecule is CC(C)CNC(=O)/C(C#N)=C\Nc1ccc(S(=O)(=O)O)cc1. The molecule has 0 aliphatic carbocycles. The minimum Gasteiger partial charge on any atom is -0.360 e. The molecule has 1 aromatic rings. The van der Waals surface area contributed by atoms with Gasteiger partial charge in [-0.3, -0.25) is 9.35 Å². The van der Waals surface area contributed by atoms with Crippen LogP contribution in [-0.4, -0.2) is 25.4 Å². The van der Waals surface area contributed by atoms with Crippen LogP contribution in [0.2, 0.25) is 0 Å². The van der Waals surface area contributed by atoms with Gasteiger partial charge in [0.1, 0.15) is 11.6 Å². The van der Waals surface area contributed by atoms with Crippen LogP contribution in [0.15, 0.2) is 40.9 Å². The van der Waals surface area contributed by atoms with E-state index in [1.165, 1.54) is 30.5 Å². The number of benzene rings is 1. The van der Waals surface area contributed by atoms with Gasteiger partial charge < -0.3 is 10.6 Å². The van der Waals surface area contributed by atoms with Crippen molar-refractivity contribution in [3.8, 4) is 6.07 Å². The lowest BCUT2D eigenvalue weighted by Gasteiger charge is -2.07. The summed E-state index contributed by atoms with van der Waals surface area (Å²) in [6, 6.07) is 7.00. The first-order chi connectivity index (χ1) is 10.2. The summed E-state index contributed by atoms with van der Waals surface area (Å²) < 4.78 is 30.7. The molecule has 0 aliphatic rings. The fourth-order valence-electron chi connectivity index (χ4n) is 1.42. The number of nitrogens with one attached hydrogen (secondary N) is 2. The van der Waals surface area contributed by atoms with Crippen LogP contribution in [0, 0.1) is 17.2 Å². The van der Waals surface area contributed by atoms with Crippen LogP contribution >= 0.6 is 0 Å². The molecule has 7 nitrogen and oxygen atoms in total. The number of carbonyl (C=O) groups excluding carboxylic acids is 1. The molecule has 0 spiro atoms. The van der Waals surface area contributed by atoms with Crippen molar-refractivity contribution in [2.24, 2.45) is 5.92 Å². The summed E-state index contributed by atoms with van der Waals surface area (Å²) in [6.45, 7) is 4.33. The second-order valence-corrected chi connectivity index (χ2v) is 6.34. The fourth-order valence-corrected chi connectivity index (χ4v) is 1.90. The number of hydrogen-bond acceptors (Lipinski definition) is 5. The van der Waals surface area contributed by atoms with E-state index in [1.54, 1.807) is 6.07 Å². The van der Waals surface area contributed by atoms with E-state index in [2.05, 4.69) is 10.6 Å². The Morgan fingerprint density at radius 1 is 1.36 bits per heavy atom. The monoisotopic (exact) mass is 323 g/mol. The minimum atomic E-state index is -4.24. The van der Waals surface area contributed by atoms with Crippen molar-refractivity contribution in [3.05, 3.63) is 36.0 Å². The highest BCUT2D eigenvalue weighted by molar-refractivity contribution is 7.85. The topological polar surface area (TPSA) is 119 Å². The van der Waals surface area contributed by atoms with Crippen LogP contribution in [0.5, 0.6) is 0 Å². The normalized spacial score (nSPS) is 11.9. The molecule has 118 valence electrons. The van der Waals surface area contributed by atoms with E-state index < -0.39 is 16.0 Å². The highest BCUT2D eigenvalue weighted by atomic mass is 32.2. The number of rotatable bonds is 6. The predicted octanol–water partition coefficient (Wildman–Crippen LogP) is 1.52. The number of amides is 1. The molecule has 1 amide bonds. The van der Waals surface area contributed by atoms with Gasteiger partial charge in [0.15, 0.2) is 0 Å². The lowest BCUT2D eigenvalue weighted by molar-refractivity contribution is -0.117. The van der Waals surface area contributed by atoms with Crippen LogP contribution in [0.25, 0.3) is 0 Å². The van der Waals surface area contributed by atoms with Gasteiger partial charge in [-0.25, -0.2) is 0 Å². The van der Waals surface area contributed by atoms with Gasteiger partial charge >= 0.3 is 0 Å². The molecular formula is C14H17N3O4S. The van der Waals surface area contributed by atoms with E-state index in [0.717, 1.165) is 0 Å². The summed E-state index contributed by atoms with van der Waals surface area (Å²) >= 11 is 0. The molecule has 8 heteroatoms. The average Bonchev–Trinajstić information content (AvgIpc) is 2.45. The number of hydrogen-bond donors (Lipinski definition) is 3. The van der Waals surface area contributed by atoms with Crippen molar-refractivity contribution >= 4 is 21.7 Å². The molecule has 1 rings (SSSR count). The largest absolute Gasteiger partial charge is 0.360 e. The standard InChI is InChI=1S/C14H17N3O4S/c1-10(2)8-17-14(18)11(7-15)9-16-12-3-5-13(6-4-12)22(19,20)21/h3-6,9-10,16H,8H2,1-2H3,(H,17,18)(H,19,20,21)/b11-9-. The first-order valence-corrected chi connectivity index (χ1v) is 7.90. The van der Waals surface area contributed by atoms with Gasteiger partial charge in [0, 0.05) is 18.4 Å². The van der Waals surface area contributed by atoms with E-state index in [-0.39, 0.29) is 16.4 Å². The highest BCUT2D eigenvalue weighted by Gasteiger charge is 2.10.